The summed E-state index contributed by atoms with van der Waals surface area (Å²) in [6, 6.07) is 14.0. The lowest BCUT2D eigenvalue weighted by atomic mass is 9.84. The normalized spacial score (nSPS) is 11.6. The highest BCUT2D eigenvalue weighted by Crippen LogP contribution is 2.29. The molecule has 0 radical (unpaired) electrons. The molecule has 0 unspecified atom stereocenters. The number of benzene rings is 2. The predicted octanol–water partition coefficient (Wildman–Crippen LogP) is 5.66. The molecule has 0 atom stereocenters. The second kappa shape index (κ2) is 10.0. The number of hydrogen-bond acceptors (Lipinski definition) is 3. The molecule has 6 heteroatoms. The van der Waals surface area contributed by atoms with Crippen LogP contribution in [0.1, 0.15) is 55.1 Å². The van der Waals surface area contributed by atoms with Crippen molar-refractivity contribution in [1.29, 1.82) is 0 Å². The van der Waals surface area contributed by atoms with Gasteiger partial charge in [0.2, 0.25) is 5.91 Å². The molecule has 0 spiro atoms. The van der Waals surface area contributed by atoms with Gasteiger partial charge >= 0.3 is 0 Å². The van der Waals surface area contributed by atoms with E-state index in [9.17, 15) is 9.59 Å². The Kier molecular flexibility index (Phi) is 7.58. The zero-order valence-corrected chi connectivity index (χ0v) is 21.6. The van der Waals surface area contributed by atoms with E-state index in [1.807, 2.05) is 44.3 Å². The van der Waals surface area contributed by atoms with Gasteiger partial charge in [0.25, 0.3) is 5.56 Å². The molecule has 0 bridgehead atoms. The fraction of sp³-hybridized carbons (Fsp3) is 0.407. The van der Waals surface area contributed by atoms with Crippen molar-refractivity contribution in [3.05, 3.63) is 80.8 Å². The third-order valence-electron chi connectivity index (χ3n) is 6.10. The predicted molar refractivity (Wildman–Crippen MR) is 140 cm³/mol. The summed E-state index contributed by atoms with van der Waals surface area (Å²) in [7, 11) is 1.82. The second-order valence-electron chi connectivity index (χ2n) is 9.63. The number of carbonyl (C=O) groups is 1. The summed E-state index contributed by atoms with van der Waals surface area (Å²) in [5, 5.41) is 2.85. The smallest absolute Gasteiger partial charge is 0.295 e. The van der Waals surface area contributed by atoms with Crippen LogP contribution in [0.5, 0.6) is 0 Å². The molecule has 33 heavy (non-hydrogen) atoms. The molecule has 1 heterocycles. The molecule has 1 aromatic heterocycles. The topological polar surface area (TPSA) is 56.0 Å². The summed E-state index contributed by atoms with van der Waals surface area (Å²) in [4.78, 5) is 25.5. The van der Waals surface area contributed by atoms with Crippen molar-refractivity contribution < 1.29 is 4.79 Å². The van der Waals surface area contributed by atoms with E-state index >= 15 is 0 Å². The number of carbonyl (C=O) groups excluding carboxylic acids is 1. The van der Waals surface area contributed by atoms with Crippen molar-refractivity contribution in [3.63, 3.8) is 0 Å². The molecule has 0 saturated heterocycles. The molecule has 0 saturated carbocycles. The second-order valence-corrected chi connectivity index (χ2v) is 10.7. The van der Waals surface area contributed by atoms with Crippen LogP contribution in [0.3, 0.4) is 0 Å². The molecule has 2 aromatic carbocycles. The molecule has 1 amide bonds. The molecule has 0 aliphatic carbocycles. The van der Waals surface area contributed by atoms with Crippen LogP contribution in [0.2, 0.25) is 0 Å². The van der Waals surface area contributed by atoms with Crippen molar-refractivity contribution in [3.8, 4) is 5.69 Å². The number of nitrogens with one attached hydrogen (secondary N) is 1. The van der Waals surface area contributed by atoms with Crippen LogP contribution in [0.25, 0.3) is 5.69 Å². The van der Waals surface area contributed by atoms with Gasteiger partial charge in [0.1, 0.15) is 5.69 Å². The third-order valence-corrected chi connectivity index (χ3v) is 7.09. The van der Waals surface area contributed by atoms with Crippen molar-refractivity contribution in [2.75, 3.05) is 11.1 Å². The molecule has 0 aliphatic rings. The number of para-hydroxylation sites is 1. The fourth-order valence-electron chi connectivity index (χ4n) is 3.91. The highest BCUT2D eigenvalue weighted by molar-refractivity contribution is 7.98. The average Bonchev–Trinajstić information content (AvgIpc) is 2.95. The number of aryl methyl sites for hydroxylation is 2. The van der Waals surface area contributed by atoms with Crippen LogP contribution in [0, 0.1) is 20.8 Å². The number of rotatable bonds is 7. The first-order valence-electron chi connectivity index (χ1n) is 11.3. The first kappa shape index (κ1) is 24.9. The number of thioether (sulfide) groups is 1. The standard InChI is InChI=1S/C27H35N3O2S/c1-18-15-21(27(4,5)6)16-19(2)23(18)17-33-14-13-24(31)28-25-20(3)29(7)30(26(25)32)22-11-9-8-10-12-22/h8-12,15-16H,13-14,17H2,1-7H3,(H,28,31). The average molecular weight is 466 g/mol. The van der Waals surface area contributed by atoms with Gasteiger partial charge in [-0.3, -0.25) is 14.3 Å². The Labute approximate surface area is 201 Å². The van der Waals surface area contributed by atoms with Crippen molar-refractivity contribution >= 4 is 23.4 Å². The van der Waals surface area contributed by atoms with E-state index in [0.29, 0.717) is 17.9 Å². The van der Waals surface area contributed by atoms with Crippen LogP contribution >= 0.6 is 11.8 Å². The summed E-state index contributed by atoms with van der Waals surface area (Å²) in [6.07, 6.45) is 0.363. The molecule has 5 nitrogen and oxygen atoms in total. The summed E-state index contributed by atoms with van der Waals surface area (Å²) in [5.41, 5.74) is 7.07. The zero-order chi connectivity index (χ0) is 24.3. The quantitative estimate of drug-likeness (QED) is 0.458. The summed E-state index contributed by atoms with van der Waals surface area (Å²) >= 11 is 1.75. The van der Waals surface area contributed by atoms with Gasteiger partial charge in [-0.05, 0) is 60.6 Å². The van der Waals surface area contributed by atoms with Gasteiger partial charge in [-0.25, -0.2) is 4.68 Å². The van der Waals surface area contributed by atoms with E-state index in [1.54, 1.807) is 21.1 Å². The minimum absolute atomic E-state index is 0.133. The maximum absolute atomic E-state index is 13.0. The number of hydrogen-bond donors (Lipinski definition) is 1. The van der Waals surface area contributed by atoms with Crippen molar-refractivity contribution in [1.82, 2.24) is 9.36 Å². The molecular formula is C27H35N3O2S. The Morgan fingerprint density at radius 2 is 1.64 bits per heavy atom. The van der Waals surface area contributed by atoms with Gasteiger partial charge < -0.3 is 5.32 Å². The van der Waals surface area contributed by atoms with Gasteiger partial charge in [-0.15, -0.1) is 0 Å². The van der Waals surface area contributed by atoms with E-state index in [0.717, 1.165) is 17.1 Å². The number of anilines is 1. The first-order valence-corrected chi connectivity index (χ1v) is 12.5. The van der Waals surface area contributed by atoms with Gasteiger partial charge in [0.05, 0.1) is 11.4 Å². The van der Waals surface area contributed by atoms with E-state index < -0.39 is 0 Å². The fourth-order valence-corrected chi connectivity index (χ4v) is 5.04. The molecule has 176 valence electrons. The first-order chi connectivity index (χ1) is 15.5. The van der Waals surface area contributed by atoms with Gasteiger partial charge in [-0.1, -0.05) is 51.1 Å². The summed E-state index contributed by atoms with van der Waals surface area (Å²) in [5.74, 6) is 1.44. The Balaban J connectivity index is 1.61. The molecular weight excluding hydrogens is 430 g/mol. The maximum Gasteiger partial charge on any atom is 0.295 e. The van der Waals surface area contributed by atoms with Crippen molar-refractivity contribution in [2.45, 2.75) is 59.1 Å². The Hall–Kier alpha value is -2.73. The molecule has 3 rings (SSSR count). The van der Waals surface area contributed by atoms with Crippen LogP contribution < -0.4 is 10.9 Å². The molecule has 3 aromatic rings. The van der Waals surface area contributed by atoms with Crippen LogP contribution in [-0.2, 0) is 23.0 Å². The van der Waals surface area contributed by atoms with E-state index in [2.05, 4.69) is 52.1 Å². The SMILES string of the molecule is Cc1cc(C(C)(C)C)cc(C)c1CSCCC(=O)Nc1c(C)n(C)n(-c2ccccc2)c1=O. The number of aromatic nitrogens is 2. The lowest BCUT2D eigenvalue weighted by Gasteiger charge is -2.22. The van der Waals surface area contributed by atoms with E-state index in [1.165, 1.54) is 22.3 Å². The zero-order valence-electron chi connectivity index (χ0n) is 20.8. The van der Waals surface area contributed by atoms with E-state index in [-0.39, 0.29) is 16.9 Å². The molecule has 0 fully saturated rings. The molecule has 1 N–H and O–H groups in total. The minimum Gasteiger partial charge on any atom is -0.320 e. The Morgan fingerprint density at radius 3 is 2.21 bits per heavy atom. The lowest BCUT2D eigenvalue weighted by Crippen LogP contribution is -2.23. The van der Waals surface area contributed by atoms with E-state index in [4.69, 9.17) is 0 Å². The Bertz CT molecular complexity index is 1180. The molecule has 0 aliphatic heterocycles. The minimum atomic E-state index is -0.215. The van der Waals surface area contributed by atoms with Gasteiger partial charge in [0.15, 0.2) is 0 Å². The maximum atomic E-state index is 13.0. The Morgan fingerprint density at radius 1 is 1.03 bits per heavy atom. The summed E-state index contributed by atoms with van der Waals surface area (Å²) < 4.78 is 3.35. The van der Waals surface area contributed by atoms with Crippen LogP contribution in [0.15, 0.2) is 47.3 Å². The lowest BCUT2D eigenvalue weighted by molar-refractivity contribution is -0.115. The third kappa shape index (κ3) is 5.61. The number of nitrogens with zero attached hydrogens (tertiary/aromatic N) is 2. The van der Waals surface area contributed by atoms with Gasteiger partial charge in [0, 0.05) is 25.0 Å². The van der Waals surface area contributed by atoms with Crippen LogP contribution in [-0.4, -0.2) is 21.0 Å². The summed E-state index contributed by atoms with van der Waals surface area (Å²) in [6.45, 7) is 12.9. The largest absolute Gasteiger partial charge is 0.320 e. The number of amides is 1. The van der Waals surface area contributed by atoms with Crippen molar-refractivity contribution in [2.24, 2.45) is 7.05 Å². The highest BCUT2D eigenvalue weighted by atomic mass is 32.2. The van der Waals surface area contributed by atoms with Gasteiger partial charge in [-0.2, -0.15) is 11.8 Å². The highest BCUT2D eigenvalue weighted by Gasteiger charge is 2.19. The monoisotopic (exact) mass is 465 g/mol. The van der Waals surface area contributed by atoms with Crippen LogP contribution in [0.4, 0.5) is 5.69 Å².